The summed E-state index contributed by atoms with van der Waals surface area (Å²) in [5, 5.41) is 4.51. The zero-order chi connectivity index (χ0) is 15.5. The van der Waals surface area contributed by atoms with Crippen LogP contribution in [0.2, 0.25) is 0 Å². The van der Waals surface area contributed by atoms with Crippen LogP contribution in [0.25, 0.3) is 21.5 Å². The lowest BCUT2D eigenvalue weighted by atomic mass is 9.98. The number of hydrogen-bond donors (Lipinski definition) is 0. The molecule has 22 heavy (non-hydrogen) atoms. The SMILES string of the molecule is COC(=O)CCC(=O)c1ccc2c(ccc3ccccc32)c1. The standard InChI is InChI=1S/C19H16O3/c1-22-19(21)11-10-18(20)15-8-9-17-14(12-15)7-6-13-4-2-3-5-16(13)17/h2-9,12H,10-11H2,1H3. The molecule has 0 saturated carbocycles. The zero-order valence-corrected chi connectivity index (χ0v) is 12.3. The highest BCUT2D eigenvalue weighted by atomic mass is 16.5. The molecule has 0 unspecified atom stereocenters. The van der Waals surface area contributed by atoms with Crippen molar-refractivity contribution in [2.45, 2.75) is 12.8 Å². The normalized spacial score (nSPS) is 10.8. The first kappa shape index (κ1) is 14.3. The van der Waals surface area contributed by atoms with E-state index in [0.717, 1.165) is 10.8 Å². The van der Waals surface area contributed by atoms with Crippen LogP contribution in [0.5, 0.6) is 0 Å². The Morgan fingerprint density at radius 2 is 1.59 bits per heavy atom. The Balaban J connectivity index is 1.95. The molecule has 0 saturated heterocycles. The van der Waals surface area contributed by atoms with Crippen molar-refractivity contribution in [1.82, 2.24) is 0 Å². The molecule has 3 aromatic rings. The number of carbonyl (C=O) groups is 2. The first-order valence-corrected chi connectivity index (χ1v) is 7.20. The Labute approximate surface area is 128 Å². The summed E-state index contributed by atoms with van der Waals surface area (Å²) in [6.45, 7) is 0. The van der Waals surface area contributed by atoms with Crippen LogP contribution in [0.3, 0.4) is 0 Å². The molecule has 0 heterocycles. The van der Waals surface area contributed by atoms with Crippen molar-refractivity contribution in [3.63, 3.8) is 0 Å². The van der Waals surface area contributed by atoms with E-state index < -0.39 is 0 Å². The van der Waals surface area contributed by atoms with E-state index in [1.165, 1.54) is 17.9 Å². The van der Waals surface area contributed by atoms with Crippen molar-refractivity contribution < 1.29 is 14.3 Å². The van der Waals surface area contributed by atoms with E-state index in [2.05, 4.69) is 22.9 Å². The molecule has 0 atom stereocenters. The minimum Gasteiger partial charge on any atom is -0.469 e. The number of fused-ring (bicyclic) bond motifs is 3. The lowest BCUT2D eigenvalue weighted by molar-refractivity contribution is -0.140. The number of rotatable bonds is 4. The third kappa shape index (κ3) is 2.70. The first-order chi connectivity index (χ1) is 10.7. The van der Waals surface area contributed by atoms with E-state index in [4.69, 9.17) is 0 Å². The van der Waals surface area contributed by atoms with Crippen LogP contribution < -0.4 is 0 Å². The first-order valence-electron chi connectivity index (χ1n) is 7.20. The van der Waals surface area contributed by atoms with E-state index >= 15 is 0 Å². The number of ether oxygens (including phenoxy) is 1. The molecule has 0 fully saturated rings. The predicted octanol–water partition coefficient (Wildman–Crippen LogP) is 4.13. The van der Waals surface area contributed by atoms with Crippen molar-refractivity contribution in [3.8, 4) is 0 Å². The van der Waals surface area contributed by atoms with Crippen molar-refractivity contribution in [3.05, 3.63) is 60.2 Å². The molecular weight excluding hydrogens is 276 g/mol. The van der Waals surface area contributed by atoms with Crippen molar-refractivity contribution in [1.29, 1.82) is 0 Å². The lowest BCUT2D eigenvalue weighted by Crippen LogP contribution is -2.05. The third-order valence-electron chi connectivity index (χ3n) is 3.85. The highest BCUT2D eigenvalue weighted by Gasteiger charge is 2.10. The van der Waals surface area contributed by atoms with Crippen LogP contribution in [-0.2, 0) is 9.53 Å². The summed E-state index contributed by atoms with van der Waals surface area (Å²) in [6.07, 6.45) is 0.289. The van der Waals surface area contributed by atoms with Gasteiger partial charge in [-0.3, -0.25) is 9.59 Å². The van der Waals surface area contributed by atoms with Crippen LogP contribution >= 0.6 is 0 Å². The second kappa shape index (κ2) is 5.98. The fourth-order valence-electron chi connectivity index (χ4n) is 2.65. The van der Waals surface area contributed by atoms with Crippen LogP contribution in [0.15, 0.2) is 54.6 Å². The van der Waals surface area contributed by atoms with Gasteiger partial charge in [0.25, 0.3) is 0 Å². The predicted molar refractivity (Wildman–Crippen MR) is 87.0 cm³/mol. The molecule has 0 bridgehead atoms. The van der Waals surface area contributed by atoms with Gasteiger partial charge in [0.2, 0.25) is 0 Å². The highest BCUT2D eigenvalue weighted by molar-refractivity contribution is 6.10. The summed E-state index contributed by atoms with van der Waals surface area (Å²) in [7, 11) is 1.33. The molecule has 0 aromatic heterocycles. The van der Waals surface area contributed by atoms with E-state index in [1.54, 1.807) is 0 Å². The zero-order valence-electron chi connectivity index (χ0n) is 12.3. The largest absolute Gasteiger partial charge is 0.469 e. The number of hydrogen-bond acceptors (Lipinski definition) is 3. The van der Waals surface area contributed by atoms with E-state index in [1.807, 2.05) is 36.4 Å². The van der Waals surface area contributed by atoms with Gasteiger partial charge in [0, 0.05) is 12.0 Å². The molecule has 0 aliphatic carbocycles. The van der Waals surface area contributed by atoms with Gasteiger partial charge >= 0.3 is 5.97 Å². The summed E-state index contributed by atoms with van der Waals surface area (Å²) < 4.78 is 4.56. The van der Waals surface area contributed by atoms with Gasteiger partial charge in [-0.15, -0.1) is 0 Å². The Morgan fingerprint density at radius 1 is 0.864 bits per heavy atom. The second-order valence-electron chi connectivity index (χ2n) is 5.22. The molecule has 0 N–H and O–H groups in total. The third-order valence-corrected chi connectivity index (χ3v) is 3.85. The maximum atomic E-state index is 12.2. The number of benzene rings is 3. The Kier molecular flexibility index (Phi) is 3.88. The molecule has 3 aromatic carbocycles. The van der Waals surface area contributed by atoms with Crippen molar-refractivity contribution in [2.75, 3.05) is 7.11 Å². The average Bonchev–Trinajstić information content (AvgIpc) is 2.58. The minimum absolute atomic E-state index is 0.0412. The van der Waals surface area contributed by atoms with Gasteiger partial charge < -0.3 is 4.74 Å². The summed E-state index contributed by atoms with van der Waals surface area (Å²) in [6, 6.07) is 17.9. The van der Waals surface area contributed by atoms with Gasteiger partial charge in [0.1, 0.15) is 0 Å². The fraction of sp³-hybridized carbons (Fsp3) is 0.158. The lowest BCUT2D eigenvalue weighted by Gasteiger charge is -2.06. The molecule has 0 aliphatic heterocycles. The van der Waals surface area contributed by atoms with Crippen LogP contribution in [0.1, 0.15) is 23.2 Å². The molecule has 0 amide bonds. The maximum Gasteiger partial charge on any atom is 0.305 e. The number of methoxy groups -OCH3 is 1. The average molecular weight is 292 g/mol. The quantitative estimate of drug-likeness (QED) is 0.412. The van der Waals surface area contributed by atoms with Gasteiger partial charge in [0.15, 0.2) is 5.78 Å². The summed E-state index contributed by atoms with van der Waals surface area (Å²) >= 11 is 0. The Hall–Kier alpha value is -2.68. The summed E-state index contributed by atoms with van der Waals surface area (Å²) in [4.78, 5) is 23.3. The fourth-order valence-corrected chi connectivity index (χ4v) is 2.65. The highest BCUT2D eigenvalue weighted by Crippen LogP contribution is 2.26. The number of carbonyl (C=O) groups excluding carboxylic acids is 2. The smallest absolute Gasteiger partial charge is 0.305 e. The van der Waals surface area contributed by atoms with Gasteiger partial charge in [-0.2, -0.15) is 0 Å². The van der Waals surface area contributed by atoms with Gasteiger partial charge in [-0.1, -0.05) is 48.5 Å². The Bertz CT molecular complexity index is 865. The summed E-state index contributed by atoms with van der Waals surface area (Å²) in [5.74, 6) is -0.402. The molecule has 3 heteroatoms. The number of esters is 1. The van der Waals surface area contributed by atoms with Crippen LogP contribution in [0, 0.1) is 0 Å². The minimum atomic E-state index is -0.361. The van der Waals surface area contributed by atoms with Gasteiger partial charge in [0.05, 0.1) is 13.5 Å². The monoisotopic (exact) mass is 292 g/mol. The topological polar surface area (TPSA) is 43.4 Å². The van der Waals surface area contributed by atoms with Crippen LogP contribution in [0.4, 0.5) is 0 Å². The van der Waals surface area contributed by atoms with E-state index in [9.17, 15) is 9.59 Å². The Morgan fingerprint density at radius 3 is 2.41 bits per heavy atom. The van der Waals surface area contributed by atoms with Crippen molar-refractivity contribution >= 4 is 33.3 Å². The molecular formula is C19H16O3. The molecule has 3 rings (SSSR count). The molecule has 0 radical (unpaired) electrons. The number of Topliss-reactive ketones (excluding diaryl/α,β-unsaturated/α-hetero) is 1. The van der Waals surface area contributed by atoms with Gasteiger partial charge in [-0.05, 0) is 27.6 Å². The molecule has 0 spiro atoms. The van der Waals surface area contributed by atoms with E-state index in [-0.39, 0.29) is 24.6 Å². The number of ketones is 1. The maximum absolute atomic E-state index is 12.2. The molecule has 3 nitrogen and oxygen atoms in total. The van der Waals surface area contributed by atoms with E-state index in [0.29, 0.717) is 5.56 Å². The molecule has 110 valence electrons. The van der Waals surface area contributed by atoms with Crippen molar-refractivity contribution in [2.24, 2.45) is 0 Å². The van der Waals surface area contributed by atoms with Gasteiger partial charge in [-0.25, -0.2) is 0 Å². The van der Waals surface area contributed by atoms with Crippen LogP contribution in [-0.4, -0.2) is 18.9 Å². The second-order valence-corrected chi connectivity index (χ2v) is 5.22. The summed E-state index contributed by atoms with van der Waals surface area (Å²) in [5.41, 5.74) is 0.631. The molecule has 0 aliphatic rings.